The van der Waals surface area contributed by atoms with Crippen molar-refractivity contribution >= 4 is 0 Å². The van der Waals surface area contributed by atoms with Crippen LogP contribution in [0.5, 0.6) is 0 Å². The van der Waals surface area contributed by atoms with E-state index in [-0.39, 0.29) is 6.73 Å². The maximum absolute atomic E-state index is 13.4. The zero-order valence-electron chi connectivity index (χ0n) is 16.0. The van der Waals surface area contributed by atoms with Gasteiger partial charge in [0.2, 0.25) is 0 Å². The Morgan fingerprint density at radius 3 is 2.48 bits per heavy atom. The number of nitrogens with zero attached hydrogens (tertiary/aromatic N) is 2. The average molecular weight is 407 g/mol. The molecule has 29 heavy (non-hydrogen) atoms. The van der Waals surface area contributed by atoms with Crippen LogP contribution in [0, 0.1) is 12.7 Å². The van der Waals surface area contributed by atoms with E-state index in [4.69, 9.17) is 4.74 Å². The minimum absolute atomic E-state index is 0.260. The van der Waals surface area contributed by atoms with E-state index in [1.807, 2.05) is 6.92 Å². The highest BCUT2D eigenvalue weighted by atomic mass is 19.4. The first kappa shape index (κ1) is 21.0. The summed E-state index contributed by atoms with van der Waals surface area (Å²) >= 11 is 0. The van der Waals surface area contributed by atoms with Gasteiger partial charge in [-0.3, -0.25) is 0 Å². The Balaban J connectivity index is 1.95. The minimum atomic E-state index is -4.45. The standard InChI is InChI=1S/C21H21F4N3O/c1-14-11-27-28(13-29-2)19(14)12-26-20(15-6-8-18(22)9-7-15)16-4-3-5-17(10-16)21(23,24)25/h3-11,20,26H,12-13H2,1-2H3. The van der Waals surface area contributed by atoms with Crippen molar-refractivity contribution in [3.63, 3.8) is 0 Å². The topological polar surface area (TPSA) is 39.1 Å². The maximum atomic E-state index is 13.4. The largest absolute Gasteiger partial charge is 0.416 e. The molecule has 0 aliphatic carbocycles. The van der Waals surface area contributed by atoms with E-state index in [1.54, 1.807) is 36.2 Å². The van der Waals surface area contributed by atoms with Crippen molar-refractivity contribution in [1.29, 1.82) is 0 Å². The van der Waals surface area contributed by atoms with Gasteiger partial charge in [0.25, 0.3) is 0 Å². The van der Waals surface area contributed by atoms with E-state index in [0.717, 1.165) is 23.4 Å². The van der Waals surface area contributed by atoms with Crippen molar-refractivity contribution in [3.8, 4) is 0 Å². The Bertz CT molecular complexity index is 951. The van der Waals surface area contributed by atoms with Crippen LogP contribution in [0.25, 0.3) is 0 Å². The first-order valence-corrected chi connectivity index (χ1v) is 8.96. The number of nitrogens with one attached hydrogen (secondary N) is 1. The van der Waals surface area contributed by atoms with Crippen molar-refractivity contribution < 1.29 is 22.3 Å². The molecule has 1 atom stereocenters. The number of ether oxygens (including phenoxy) is 1. The van der Waals surface area contributed by atoms with Crippen molar-refractivity contribution in [1.82, 2.24) is 15.1 Å². The van der Waals surface area contributed by atoms with E-state index in [2.05, 4.69) is 10.4 Å². The van der Waals surface area contributed by atoms with Gasteiger partial charge in [-0.05, 0) is 47.9 Å². The summed E-state index contributed by atoms with van der Waals surface area (Å²) in [5, 5.41) is 7.53. The molecule has 0 spiro atoms. The molecule has 0 saturated carbocycles. The average Bonchev–Trinajstić information content (AvgIpc) is 3.03. The monoisotopic (exact) mass is 407 g/mol. The van der Waals surface area contributed by atoms with Crippen LogP contribution in [0.15, 0.2) is 54.7 Å². The lowest BCUT2D eigenvalue weighted by Crippen LogP contribution is -2.25. The Morgan fingerprint density at radius 1 is 1.10 bits per heavy atom. The Kier molecular flexibility index (Phi) is 6.34. The molecule has 4 nitrogen and oxygen atoms in total. The van der Waals surface area contributed by atoms with Gasteiger partial charge >= 0.3 is 6.18 Å². The molecule has 1 unspecified atom stereocenters. The number of methoxy groups -OCH3 is 1. The van der Waals surface area contributed by atoms with Crippen LogP contribution in [0.4, 0.5) is 17.6 Å². The lowest BCUT2D eigenvalue weighted by molar-refractivity contribution is -0.137. The maximum Gasteiger partial charge on any atom is 0.416 e. The van der Waals surface area contributed by atoms with Crippen LogP contribution in [-0.2, 0) is 24.2 Å². The summed E-state index contributed by atoms with van der Waals surface area (Å²) in [7, 11) is 1.55. The van der Waals surface area contributed by atoms with Crippen molar-refractivity contribution in [2.24, 2.45) is 0 Å². The molecule has 2 aromatic carbocycles. The smallest absolute Gasteiger partial charge is 0.362 e. The number of aryl methyl sites for hydroxylation is 1. The minimum Gasteiger partial charge on any atom is -0.362 e. The molecular weight excluding hydrogens is 386 g/mol. The van der Waals surface area contributed by atoms with Crippen LogP contribution >= 0.6 is 0 Å². The van der Waals surface area contributed by atoms with Crippen LogP contribution in [0.1, 0.15) is 34.0 Å². The number of aromatic nitrogens is 2. The second-order valence-electron chi connectivity index (χ2n) is 6.68. The highest BCUT2D eigenvalue weighted by Crippen LogP contribution is 2.32. The zero-order chi connectivity index (χ0) is 21.0. The molecule has 0 bridgehead atoms. The van der Waals surface area contributed by atoms with Crippen LogP contribution in [0.2, 0.25) is 0 Å². The first-order valence-electron chi connectivity index (χ1n) is 8.96. The van der Waals surface area contributed by atoms with E-state index < -0.39 is 23.6 Å². The number of rotatable bonds is 7. The molecule has 1 N–H and O–H groups in total. The predicted molar refractivity (Wildman–Crippen MR) is 100 cm³/mol. The highest BCUT2D eigenvalue weighted by Gasteiger charge is 2.31. The van der Waals surface area contributed by atoms with E-state index in [1.165, 1.54) is 18.2 Å². The highest BCUT2D eigenvalue weighted by molar-refractivity contribution is 5.35. The second kappa shape index (κ2) is 8.75. The van der Waals surface area contributed by atoms with Gasteiger partial charge in [0, 0.05) is 13.7 Å². The first-order chi connectivity index (χ1) is 13.8. The van der Waals surface area contributed by atoms with Gasteiger partial charge in [-0.15, -0.1) is 0 Å². The van der Waals surface area contributed by atoms with E-state index in [9.17, 15) is 17.6 Å². The molecule has 0 saturated heterocycles. The third-order valence-corrected chi connectivity index (χ3v) is 4.63. The molecular formula is C21H21F4N3O. The fraction of sp³-hybridized carbons (Fsp3) is 0.286. The summed E-state index contributed by atoms with van der Waals surface area (Å²) in [6, 6.07) is 10.3. The summed E-state index contributed by atoms with van der Waals surface area (Å²) in [4.78, 5) is 0. The molecule has 0 aliphatic rings. The van der Waals surface area contributed by atoms with Crippen LogP contribution in [-0.4, -0.2) is 16.9 Å². The molecule has 1 aromatic heterocycles. The van der Waals surface area contributed by atoms with Gasteiger partial charge in [-0.2, -0.15) is 18.3 Å². The molecule has 154 valence electrons. The molecule has 0 fully saturated rings. The van der Waals surface area contributed by atoms with Gasteiger partial charge in [0.15, 0.2) is 0 Å². The Hall–Kier alpha value is -2.71. The third-order valence-electron chi connectivity index (χ3n) is 4.63. The van der Waals surface area contributed by atoms with Crippen molar-refractivity contribution in [2.75, 3.05) is 7.11 Å². The molecule has 8 heteroatoms. The fourth-order valence-electron chi connectivity index (χ4n) is 3.14. The van der Waals surface area contributed by atoms with Gasteiger partial charge in [0.05, 0.1) is 23.5 Å². The van der Waals surface area contributed by atoms with Crippen LogP contribution in [0.3, 0.4) is 0 Å². The van der Waals surface area contributed by atoms with E-state index >= 15 is 0 Å². The SMILES string of the molecule is COCn1ncc(C)c1CNC(c1ccc(F)cc1)c1cccc(C(F)(F)F)c1. The van der Waals surface area contributed by atoms with Crippen molar-refractivity contribution in [3.05, 3.63) is 88.5 Å². The van der Waals surface area contributed by atoms with Gasteiger partial charge in [0.1, 0.15) is 12.5 Å². The Morgan fingerprint density at radius 2 is 1.83 bits per heavy atom. The third kappa shape index (κ3) is 5.02. The van der Waals surface area contributed by atoms with Crippen LogP contribution < -0.4 is 5.32 Å². The molecule has 0 amide bonds. The number of alkyl halides is 3. The van der Waals surface area contributed by atoms with Crippen molar-refractivity contribution in [2.45, 2.75) is 32.4 Å². The normalized spacial score (nSPS) is 12.9. The summed E-state index contributed by atoms with van der Waals surface area (Å²) < 4.78 is 59.8. The van der Waals surface area contributed by atoms with Gasteiger partial charge < -0.3 is 10.1 Å². The molecule has 1 heterocycles. The van der Waals surface area contributed by atoms with Gasteiger partial charge in [-0.25, -0.2) is 9.07 Å². The predicted octanol–water partition coefficient (Wildman–Crippen LogP) is 4.83. The fourth-order valence-corrected chi connectivity index (χ4v) is 3.14. The summed E-state index contributed by atoms with van der Waals surface area (Å²) in [6.45, 7) is 2.50. The van der Waals surface area contributed by atoms with Gasteiger partial charge in [-0.1, -0.05) is 24.3 Å². The molecule has 0 aliphatic heterocycles. The molecule has 3 aromatic rings. The summed E-state index contributed by atoms with van der Waals surface area (Å²) in [5.41, 5.74) is 2.13. The lowest BCUT2D eigenvalue weighted by Gasteiger charge is -2.22. The molecule has 0 radical (unpaired) electrons. The zero-order valence-corrected chi connectivity index (χ0v) is 16.0. The quantitative estimate of drug-likeness (QED) is 0.570. The van der Waals surface area contributed by atoms with E-state index in [0.29, 0.717) is 17.7 Å². The number of hydrogen-bond acceptors (Lipinski definition) is 3. The Labute approximate surface area is 166 Å². The number of benzene rings is 2. The molecule has 3 rings (SSSR count). The summed E-state index contributed by atoms with van der Waals surface area (Å²) in [5.74, 6) is -0.412. The summed E-state index contributed by atoms with van der Waals surface area (Å²) in [6.07, 6.45) is -2.75. The lowest BCUT2D eigenvalue weighted by atomic mass is 9.96. The number of hydrogen-bond donors (Lipinski definition) is 1. The second-order valence-corrected chi connectivity index (χ2v) is 6.68. The number of halogens is 4.